The van der Waals surface area contributed by atoms with Crippen LogP contribution in [0.4, 0.5) is 0 Å². The molecule has 0 radical (unpaired) electrons. The van der Waals surface area contributed by atoms with Gasteiger partial charge in [0.2, 0.25) is 0 Å². The predicted octanol–water partition coefficient (Wildman–Crippen LogP) is 22.0. The number of hydrogen-bond donors (Lipinski definition) is 2. The minimum Gasteiger partial charge on any atom is -0.407 e. The first kappa shape index (κ1) is 82.5. The minimum atomic E-state index is -2.44. The second-order valence-corrected chi connectivity index (χ2v) is 37.8. The van der Waals surface area contributed by atoms with Crippen LogP contribution in [0.5, 0.6) is 0 Å². The molecular formula is C84H138O6Si2. The number of carbonyl (C=O) groups is 2. The van der Waals surface area contributed by atoms with Crippen molar-refractivity contribution in [2.24, 2.45) is 0 Å². The van der Waals surface area contributed by atoms with Gasteiger partial charge in [0.1, 0.15) is 11.6 Å². The molecule has 4 aromatic carbocycles. The number of carbonyl (C=O) groups excluding carboxylic acids is 2. The first-order valence-corrected chi connectivity index (χ1v) is 42.0. The molecule has 0 aliphatic carbocycles. The van der Waals surface area contributed by atoms with Crippen LogP contribution < -0.4 is 20.7 Å². The molecule has 0 bridgehead atoms. The average molecular weight is 1300 g/mol. The van der Waals surface area contributed by atoms with Crippen LogP contribution >= 0.6 is 0 Å². The summed E-state index contributed by atoms with van der Waals surface area (Å²) in [4.78, 5) is 24.7. The fraction of sp³-hybridized carbons (Fsp3) is 0.667. The lowest BCUT2D eigenvalue weighted by Crippen LogP contribution is -2.66. The molecule has 0 aliphatic heterocycles. The highest BCUT2D eigenvalue weighted by atomic mass is 28.4. The lowest BCUT2D eigenvalue weighted by Gasteiger charge is -2.43. The van der Waals surface area contributed by atoms with Crippen LogP contribution in [0.1, 0.15) is 325 Å². The van der Waals surface area contributed by atoms with Gasteiger partial charge >= 0.3 is 0 Å². The molecule has 518 valence electrons. The summed E-state index contributed by atoms with van der Waals surface area (Å²) in [5.41, 5.74) is 0. The summed E-state index contributed by atoms with van der Waals surface area (Å²) >= 11 is 0. The van der Waals surface area contributed by atoms with Crippen LogP contribution in [0, 0.1) is 0 Å². The standard InChI is InChI=1S/C42H70O4Si.C42H68O2Si/c1-5-6-7-12-25-34-40(44)41(45)35-26-15-9-8-13-19-28-37(43)29-20-14-10-11-16-27-36-46-47(42(2,3)4,38-30-21-17-22-31-38)39-32-23-18-24-33-39;1-5-6-7-8-9-10-11-12-13-14-15-16-17-20-25-32-39(43)33-26-21-18-19-22-31-38-44-45(42(2,3)4,40-34-27-23-28-35-40)41-36-29-24-30-37-41/h17-18,21-24,30-33,40-41,44-45H,5-16,19-20,25-29,34-36H2,1-4H3;11-12,23-24,27-30,34-37H,5-10,13-22,25-26,31-33,38H2,1-4H3/b;12-11-. The number of rotatable bonds is 55. The summed E-state index contributed by atoms with van der Waals surface area (Å²) in [7, 11) is -4.85. The summed E-state index contributed by atoms with van der Waals surface area (Å²) in [5, 5.41) is 25.8. The molecule has 6 nitrogen and oxygen atoms in total. The van der Waals surface area contributed by atoms with Gasteiger partial charge in [0.25, 0.3) is 16.6 Å². The maximum Gasteiger partial charge on any atom is 0.261 e. The van der Waals surface area contributed by atoms with E-state index in [0.717, 1.165) is 135 Å². The lowest BCUT2D eigenvalue weighted by atomic mass is 9.99. The van der Waals surface area contributed by atoms with Gasteiger partial charge in [-0.3, -0.25) is 9.59 Å². The van der Waals surface area contributed by atoms with Gasteiger partial charge in [-0.1, -0.05) is 356 Å². The third-order valence-electron chi connectivity index (χ3n) is 19.1. The summed E-state index contributed by atoms with van der Waals surface area (Å²) in [6.45, 7) is 20.1. The van der Waals surface area contributed by atoms with E-state index in [9.17, 15) is 19.8 Å². The van der Waals surface area contributed by atoms with Crippen molar-refractivity contribution in [3.05, 3.63) is 133 Å². The Morgan fingerprint density at radius 1 is 0.337 bits per heavy atom. The fourth-order valence-electron chi connectivity index (χ4n) is 13.6. The number of Topliss-reactive ketones (excluding diaryl/α,β-unsaturated/α-hetero) is 2. The second kappa shape index (κ2) is 51.5. The fourth-order valence-corrected chi connectivity index (χ4v) is 22.8. The average Bonchev–Trinajstić information content (AvgIpc) is 0.763. The van der Waals surface area contributed by atoms with Crippen LogP contribution in [-0.2, 0) is 18.4 Å². The van der Waals surface area contributed by atoms with Crippen molar-refractivity contribution in [3.63, 3.8) is 0 Å². The Morgan fingerprint density at radius 3 is 0.826 bits per heavy atom. The SMILES string of the molecule is CCCCCCC/C=C\CCCCCCCCC(=O)CCCCCCCCO[Si](c1ccccc1)(c1ccccc1)C(C)(C)C.CCCCCCCC(O)C(O)CCCCCCCCC(=O)CCCCCCCCO[Si](c1ccccc1)(c1ccccc1)C(C)(C)C. The van der Waals surface area contributed by atoms with E-state index in [-0.39, 0.29) is 10.1 Å². The van der Waals surface area contributed by atoms with Crippen molar-refractivity contribution in [1.82, 2.24) is 0 Å². The largest absolute Gasteiger partial charge is 0.407 e. The van der Waals surface area contributed by atoms with Crippen molar-refractivity contribution < 1.29 is 28.7 Å². The van der Waals surface area contributed by atoms with E-state index in [1.165, 1.54) is 162 Å². The normalized spacial score (nSPS) is 12.9. The van der Waals surface area contributed by atoms with E-state index in [1.807, 2.05) is 0 Å². The van der Waals surface area contributed by atoms with Gasteiger partial charge in [0, 0.05) is 38.9 Å². The van der Waals surface area contributed by atoms with Crippen LogP contribution in [0.25, 0.3) is 0 Å². The summed E-state index contributed by atoms with van der Waals surface area (Å²) in [6.07, 6.45) is 51.2. The van der Waals surface area contributed by atoms with Crippen molar-refractivity contribution >= 4 is 48.9 Å². The van der Waals surface area contributed by atoms with Gasteiger partial charge in [-0.25, -0.2) is 0 Å². The zero-order valence-corrected chi connectivity index (χ0v) is 62.5. The molecule has 92 heavy (non-hydrogen) atoms. The summed E-state index contributed by atoms with van der Waals surface area (Å²) < 4.78 is 14.0. The predicted molar refractivity (Wildman–Crippen MR) is 404 cm³/mol. The number of unbranched alkanes of at least 4 members (excludes halogenated alkanes) is 30. The molecule has 0 fully saturated rings. The second-order valence-electron chi connectivity index (χ2n) is 29.2. The van der Waals surface area contributed by atoms with Gasteiger partial charge in [-0.2, -0.15) is 0 Å². The summed E-state index contributed by atoms with van der Waals surface area (Å²) in [6, 6.07) is 43.6. The smallest absolute Gasteiger partial charge is 0.261 e. The van der Waals surface area contributed by atoms with Gasteiger partial charge in [0.05, 0.1) is 12.2 Å². The van der Waals surface area contributed by atoms with E-state index in [0.29, 0.717) is 18.0 Å². The molecule has 4 aromatic rings. The van der Waals surface area contributed by atoms with Gasteiger partial charge in [0.15, 0.2) is 0 Å². The minimum absolute atomic E-state index is 0.0183. The molecule has 0 aliphatic rings. The van der Waals surface area contributed by atoms with Gasteiger partial charge in [-0.05, 0) is 108 Å². The highest BCUT2D eigenvalue weighted by molar-refractivity contribution is 7.00. The zero-order chi connectivity index (χ0) is 66.7. The molecule has 0 saturated carbocycles. The molecule has 2 unspecified atom stereocenters. The molecular weight excluding hydrogens is 1160 g/mol. The third kappa shape index (κ3) is 34.3. The number of allylic oxidation sites excluding steroid dienone is 2. The van der Waals surface area contributed by atoms with Crippen molar-refractivity contribution in [1.29, 1.82) is 0 Å². The number of hydrogen-bond acceptors (Lipinski definition) is 6. The maximum absolute atomic E-state index is 12.4. The molecule has 4 rings (SSSR count). The van der Waals surface area contributed by atoms with Crippen LogP contribution in [-0.4, -0.2) is 63.8 Å². The molecule has 0 amide bonds. The Hall–Kier alpha value is -3.77. The van der Waals surface area contributed by atoms with E-state index in [1.54, 1.807) is 0 Å². The molecule has 8 heteroatoms. The van der Waals surface area contributed by atoms with Crippen molar-refractivity contribution in [3.8, 4) is 0 Å². The molecule has 0 spiro atoms. The van der Waals surface area contributed by atoms with Crippen molar-refractivity contribution in [2.75, 3.05) is 13.2 Å². The van der Waals surface area contributed by atoms with Crippen molar-refractivity contribution in [2.45, 2.75) is 347 Å². The summed E-state index contributed by atoms with van der Waals surface area (Å²) in [5.74, 6) is 0.907. The highest BCUT2D eigenvalue weighted by Crippen LogP contribution is 2.38. The van der Waals surface area contributed by atoms with Gasteiger partial charge in [-0.15, -0.1) is 0 Å². The maximum atomic E-state index is 12.4. The number of ketones is 2. The Balaban J connectivity index is 0.000000481. The molecule has 2 atom stereocenters. The first-order valence-electron chi connectivity index (χ1n) is 38.2. The molecule has 2 N–H and O–H groups in total. The Kier molecular flexibility index (Phi) is 46.2. The van der Waals surface area contributed by atoms with E-state index >= 15 is 0 Å². The molecule has 0 aromatic heterocycles. The monoisotopic (exact) mass is 1300 g/mol. The Labute approximate surface area is 568 Å². The van der Waals surface area contributed by atoms with E-state index in [4.69, 9.17) is 8.85 Å². The lowest BCUT2D eigenvalue weighted by molar-refractivity contribution is -0.120. The quantitative estimate of drug-likeness (QED) is 0.0260. The van der Waals surface area contributed by atoms with Crippen LogP contribution in [0.3, 0.4) is 0 Å². The van der Waals surface area contributed by atoms with Crippen LogP contribution in [0.15, 0.2) is 133 Å². The Bertz CT molecular complexity index is 2300. The van der Waals surface area contributed by atoms with Crippen LogP contribution in [0.2, 0.25) is 10.1 Å². The number of aliphatic hydroxyl groups is 2. The molecule has 0 heterocycles. The van der Waals surface area contributed by atoms with Gasteiger partial charge < -0.3 is 19.1 Å². The van der Waals surface area contributed by atoms with E-state index in [2.05, 4.69) is 189 Å². The topological polar surface area (TPSA) is 93.1 Å². The first-order chi connectivity index (χ1) is 44.6. The molecule has 0 saturated heterocycles. The van der Waals surface area contributed by atoms with E-state index < -0.39 is 28.8 Å². The highest BCUT2D eigenvalue weighted by Gasteiger charge is 2.51. The number of benzene rings is 4. The zero-order valence-electron chi connectivity index (χ0n) is 60.5. The third-order valence-corrected chi connectivity index (χ3v) is 29.2. The number of aliphatic hydroxyl groups excluding tert-OH is 2. The Morgan fingerprint density at radius 2 is 0.565 bits per heavy atom.